The number of morpholine rings is 1. The van der Waals surface area contributed by atoms with Gasteiger partial charge in [-0.2, -0.15) is 5.10 Å². The summed E-state index contributed by atoms with van der Waals surface area (Å²) in [4.78, 5) is 15.7. The molecule has 0 atom stereocenters. The van der Waals surface area contributed by atoms with Crippen molar-refractivity contribution >= 4 is 12.4 Å². The number of ether oxygens (including phenoxy) is 1. The van der Waals surface area contributed by atoms with Gasteiger partial charge in [0.05, 0.1) is 25.5 Å². The second-order valence-electron chi connectivity index (χ2n) is 6.10. The van der Waals surface area contributed by atoms with Gasteiger partial charge in [-0.3, -0.25) is 14.4 Å². The van der Waals surface area contributed by atoms with Gasteiger partial charge in [-0.05, 0) is 30.4 Å². The van der Waals surface area contributed by atoms with E-state index in [0.717, 1.165) is 57.1 Å². The Labute approximate surface area is 148 Å². The third-order valence-corrected chi connectivity index (χ3v) is 4.27. The second kappa shape index (κ2) is 8.60. The van der Waals surface area contributed by atoms with Crippen molar-refractivity contribution in [2.75, 3.05) is 39.9 Å². The first kappa shape index (κ1) is 17.4. The van der Waals surface area contributed by atoms with Gasteiger partial charge in [-0.25, -0.2) is 0 Å². The van der Waals surface area contributed by atoms with Gasteiger partial charge in [0, 0.05) is 50.3 Å². The molecule has 0 radical (unpaired) electrons. The average Bonchev–Trinajstić information content (AvgIpc) is 3.09. The molecule has 0 unspecified atom stereocenters. The topological polar surface area (TPSA) is 50.6 Å². The predicted molar refractivity (Wildman–Crippen MR) is 97.7 cm³/mol. The van der Waals surface area contributed by atoms with Crippen molar-refractivity contribution in [3.8, 4) is 0 Å². The number of aldehydes is 1. The summed E-state index contributed by atoms with van der Waals surface area (Å²) in [5.74, 6) is 0. The molecule has 3 rings (SSSR count). The van der Waals surface area contributed by atoms with E-state index in [2.05, 4.69) is 10.00 Å². The van der Waals surface area contributed by atoms with E-state index in [1.54, 1.807) is 0 Å². The fraction of sp³-hybridized carbons (Fsp3) is 0.368. The van der Waals surface area contributed by atoms with Crippen molar-refractivity contribution in [1.82, 2.24) is 19.6 Å². The van der Waals surface area contributed by atoms with Gasteiger partial charge in [-0.15, -0.1) is 0 Å². The summed E-state index contributed by atoms with van der Waals surface area (Å²) in [5, 5.41) is 4.54. The number of likely N-dealkylation sites (N-methyl/N-ethyl adjacent to an activating group) is 1. The van der Waals surface area contributed by atoms with Gasteiger partial charge in [0.25, 0.3) is 0 Å². The lowest BCUT2D eigenvalue weighted by atomic mass is 10.1. The maximum Gasteiger partial charge on any atom is 0.150 e. The lowest BCUT2D eigenvalue weighted by Gasteiger charge is -2.26. The molecule has 0 N–H and O–H groups in total. The van der Waals surface area contributed by atoms with Crippen LogP contribution in [0.1, 0.15) is 5.69 Å². The smallest absolute Gasteiger partial charge is 0.150 e. The number of rotatable bonds is 6. The minimum absolute atomic E-state index is 0.597. The monoisotopic (exact) mass is 340 g/mol. The molecule has 132 valence electrons. The Morgan fingerprint density at radius 1 is 1.28 bits per heavy atom. The van der Waals surface area contributed by atoms with Crippen molar-refractivity contribution in [3.05, 3.63) is 59.7 Å². The zero-order valence-electron chi connectivity index (χ0n) is 14.5. The normalized spacial score (nSPS) is 20.4. The fourth-order valence-corrected chi connectivity index (χ4v) is 2.79. The number of carbonyl (C=O) groups is 1. The summed E-state index contributed by atoms with van der Waals surface area (Å²) < 4.78 is 7.28. The summed E-state index contributed by atoms with van der Waals surface area (Å²) in [6, 6.07) is 1.93. The highest BCUT2D eigenvalue weighted by Gasteiger charge is 2.10. The molecule has 1 aromatic rings. The van der Waals surface area contributed by atoms with Crippen molar-refractivity contribution in [1.29, 1.82) is 0 Å². The van der Waals surface area contributed by atoms with E-state index in [9.17, 15) is 4.79 Å². The predicted octanol–water partition coefficient (Wildman–Crippen LogP) is 1.70. The summed E-state index contributed by atoms with van der Waals surface area (Å²) in [6.45, 7) is 5.37. The number of hydrogen-bond acceptors (Lipinski definition) is 5. The second-order valence-corrected chi connectivity index (χ2v) is 6.10. The van der Waals surface area contributed by atoms with E-state index >= 15 is 0 Å². The van der Waals surface area contributed by atoms with E-state index in [1.165, 1.54) is 0 Å². The van der Waals surface area contributed by atoms with E-state index in [-0.39, 0.29) is 0 Å². The molecular weight excluding hydrogens is 316 g/mol. The maximum absolute atomic E-state index is 11.4. The largest absolute Gasteiger partial charge is 0.379 e. The molecule has 0 aliphatic carbocycles. The first-order valence-corrected chi connectivity index (χ1v) is 8.54. The third kappa shape index (κ3) is 5.01. The average molecular weight is 340 g/mol. The molecule has 2 aliphatic heterocycles. The number of aromatic nitrogens is 2. The lowest BCUT2D eigenvalue weighted by Crippen LogP contribution is -2.38. The number of allylic oxidation sites excluding steroid dienone is 5. The highest BCUT2D eigenvalue weighted by Crippen LogP contribution is 2.13. The standard InChI is InChI=1S/C19H24N4O2/c1-21-6-3-2-4-19(21)15-17(16-24)14-18-5-7-23(20-18)9-8-22-10-12-25-13-11-22/h2-7,14-16H,8-13H2,1H3/b17-14-,19-15-. The quantitative estimate of drug-likeness (QED) is 0.583. The summed E-state index contributed by atoms with van der Waals surface area (Å²) in [6.07, 6.45) is 14.3. The number of hydrogen-bond donors (Lipinski definition) is 0. The van der Waals surface area contributed by atoms with Gasteiger partial charge in [0.1, 0.15) is 6.29 Å². The van der Waals surface area contributed by atoms with Crippen LogP contribution in [0.5, 0.6) is 0 Å². The zero-order valence-corrected chi connectivity index (χ0v) is 14.5. The van der Waals surface area contributed by atoms with Crippen molar-refractivity contribution in [2.45, 2.75) is 6.54 Å². The highest BCUT2D eigenvalue weighted by atomic mass is 16.5. The van der Waals surface area contributed by atoms with Gasteiger partial charge in [0.15, 0.2) is 0 Å². The molecule has 1 saturated heterocycles. The van der Waals surface area contributed by atoms with Gasteiger partial charge >= 0.3 is 0 Å². The number of carbonyl (C=O) groups excluding carboxylic acids is 1. The first-order valence-electron chi connectivity index (χ1n) is 8.54. The molecule has 1 aromatic heterocycles. The highest BCUT2D eigenvalue weighted by molar-refractivity contribution is 5.85. The minimum atomic E-state index is 0.597. The molecule has 0 bridgehead atoms. The third-order valence-electron chi connectivity index (χ3n) is 4.27. The van der Waals surface area contributed by atoms with E-state index in [0.29, 0.717) is 5.57 Å². The molecule has 0 saturated carbocycles. The molecular formula is C19H24N4O2. The van der Waals surface area contributed by atoms with Crippen molar-refractivity contribution < 1.29 is 9.53 Å². The fourth-order valence-electron chi connectivity index (χ4n) is 2.79. The zero-order chi connectivity index (χ0) is 17.5. The van der Waals surface area contributed by atoms with Crippen LogP contribution < -0.4 is 0 Å². The van der Waals surface area contributed by atoms with Crippen LogP contribution in [-0.4, -0.2) is 65.8 Å². The molecule has 6 nitrogen and oxygen atoms in total. The number of nitrogens with zero attached hydrogens (tertiary/aromatic N) is 4. The molecule has 0 spiro atoms. The van der Waals surface area contributed by atoms with Crippen LogP contribution in [0.4, 0.5) is 0 Å². The molecule has 0 aromatic carbocycles. The molecule has 6 heteroatoms. The molecule has 25 heavy (non-hydrogen) atoms. The van der Waals surface area contributed by atoms with Crippen LogP contribution in [0.3, 0.4) is 0 Å². The van der Waals surface area contributed by atoms with Crippen LogP contribution >= 0.6 is 0 Å². The Hall–Kier alpha value is -2.44. The Balaban J connectivity index is 1.62. The summed E-state index contributed by atoms with van der Waals surface area (Å²) in [7, 11) is 1.95. The Kier molecular flexibility index (Phi) is 5.98. The SMILES string of the molecule is CN1C=CC=C/C1=C/C(C=O)=C/c1ccn(CCN2CCOCC2)n1. The van der Waals surface area contributed by atoms with Crippen molar-refractivity contribution in [3.63, 3.8) is 0 Å². The molecule has 3 heterocycles. The van der Waals surface area contributed by atoms with Crippen LogP contribution in [0, 0.1) is 0 Å². The molecule has 2 aliphatic rings. The van der Waals surface area contributed by atoms with Gasteiger partial charge < -0.3 is 9.64 Å². The van der Waals surface area contributed by atoms with Crippen LogP contribution in [0.25, 0.3) is 6.08 Å². The Bertz CT molecular complexity index is 709. The van der Waals surface area contributed by atoms with Gasteiger partial charge in [0.2, 0.25) is 0 Å². The van der Waals surface area contributed by atoms with E-state index in [4.69, 9.17) is 4.74 Å². The minimum Gasteiger partial charge on any atom is -0.379 e. The Morgan fingerprint density at radius 2 is 2.12 bits per heavy atom. The van der Waals surface area contributed by atoms with Crippen molar-refractivity contribution in [2.24, 2.45) is 0 Å². The Morgan fingerprint density at radius 3 is 2.88 bits per heavy atom. The van der Waals surface area contributed by atoms with Crippen LogP contribution in [0.2, 0.25) is 0 Å². The van der Waals surface area contributed by atoms with Crippen LogP contribution in [-0.2, 0) is 16.1 Å². The lowest BCUT2D eigenvalue weighted by molar-refractivity contribution is -0.104. The molecule has 1 fully saturated rings. The maximum atomic E-state index is 11.4. The van der Waals surface area contributed by atoms with E-state index in [1.807, 2.05) is 65.5 Å². The van der Waals surface area contributed by atoms with Crippen LogP contribution in [0.15, 0.2) is 54.0 Å². The van der Waals surface area contributed by atoms with E-state index < -0.39 is 0 Å². The molecule has 0 amide bonds. The summed E-state index contributed by atoms with van der Waals surface area (Å²) in [5.41, 5.74) is 2.35. The first-order chi connectivity index (χ1) is 12.2. The summed E-state index contributed by atoms with van der Waals surface area (Å²) >= 11 is 0. The van der Waals surface area contributed by atoms with Gasteiger partial charge in [-0.1, -0.05) is 6.08 Å².